The van der Waals surface area contributed by atoms with Crippen LogP contribution in [-0.4, -0.2) is 53.7 Å². The number of ether oxygens (including phenoxy) is 1. The average Bonchev–Trinajstić information content (AvgIpc) is 2.91. The van der Waals surface area contributed by atoms with E-state index in [9.17, 15) is 19.6 Å². The quantitative estimate of drug-likeness (QED) is 0.357. The summed E-state index contributed by atoms with van der Waals surface area (Å²) in [4.78, 5) is 19.2. The van der Waals surface area contributed by atoms with Crippen molar-refractivity contribution in [3.63, 3.8) is 0 Å². The minimum absolute atomic E-state index is 0.0573. The fourth-order valence-corrected chi connectivity index (χ4v) is 4.58. The number of nitriles is 1. The van der Waals surface area contributed by atoms with Crippen LogP contribution in [0.15, 0.2) is 48.7 Å². The molecular formula is C27H27ClFN5O3. The Morgan fingerprint density at radius 3 is 2.95 bits per heavy atom. The second kappa shape index (κ2) is 12.0. The number of hydrogen-bond donors (Lipinski definition) is 3. The molecule has 1 fully saturated rings. The minimum atomic E-state index is -0.553. The molecule has 1 aliphatic rings. The van der Waals surface area contributed by atoms with Crippen molar-refractivity contribution in [2.45, 2.75) is 25.3 Å². The summed E-state index contributed by atoms with van der Waals surface area (Å²) in [5.41, 5.74) is 2.10. The van der Waals surface area contributed by atoms with Gasteiger partial charge in [-0.1, -0.05) is 24.1 Å². The van der Waals surface area contributed by atoms with Crippen molar-refractivity contribution in [2.75, 3.05) is 37.4 Å². The van der Waals surface area contributed by atoms with Gasteiger partial charge in [0.15, 0.2) is 0 Å². The van der Waals surface area contributed by atoms with E-state index in [0.717, 1.165) is 25.8 Å². The summed E-state index contributed by atoms with van der Waals surface area (Å²) < 4.78 is 19.1. The normalized spacial score (nSPS) is 16.0. The molecule has 0 spiro atoms. The Labute approximate surface area is 219 Å². The van der Waals surface area contributed by atoms with Gasteiger partial charge in [0.1, 0.15) is 17.6 Å². The second-order valence-corrected chi connectivity index (χ2v) is 9.11. The molecular weight excluding hydrogens is 497 g/mol. The van der Waals surface area contributed by atoms with Crippen LogP contribution in [0.2, 0.25) is 5.02 Å². The zero-order valence-electron chi connectivity index (χ0n) is 20.3. The molecule has 1 amide bonds. The van der Waals surface area contributed by atoms with Crippen LogP contribution in [0.4, 0.5) is 21.5 Å². The summed E-state index contributed by atoms with van der Waals surface area (Å²) in [6, 6.07) is 9.72. The summed E-state index contributed by atoms with van der Waals surface area (Å²) in [7, 11) is 1.49. The summed E-state index contributed by atoms with van der Waals surface area (Å²) >= 11 is 5.92. The van der Waals surface area contributed by atoms with Gasteiger partial charge in [-0.3, -0.25) is 14.7 Å². The van der Waals surface area contributed by atoms with Gasteiger partial charge in [-0.15, -0.1) is 0 Å². The Kier molecular flexibility index (Phi) is 8.56. The fraction of sp³-hybridized carbons (Fsp3) is 0.296. The number of halogens is 2. The van der Waals surface area contributed by atoms with E-state index in [1.807, 2.05) is 0 Å². The molecule has 0 bridgehead atoms. The zero-order chi connectivity index (χ0) is 26.4. The number of aliphatic hydroxyl groups is 1. The number of aliphatic hydroxyl groups excluding tert-OH is 1. The first-order valence-electron chi connectivity index (χ1n) is 11.9. The van der Waals surface area contributed by atoms with Crippen molar-refractivity contribution in [1.82, 2.24) is 9.88 Å². The lowest BCUT2D eigenvalue weighted by molar-refractivity contribution is -0.111. The van der Waals surface area contributed by atoms with E-state index in [0.29, 0.717) is 40.3 Å². The first kappa shape index (κ1) is 26.4. The van der Waals surface area contributed by atoms with Crippen LogP contribution in [0.5, 0.6) is 5.75 Å². The maximum atomic E-state index is 13.6. The number of aromatic nitrogens is 1. The van der Waals surface area contributed by atoms with E-state index in [4.69, 9.17) is 16.3 Å². The molecule has 8 nitrogen and oxygen atoms in total. The Hall–Kier alpha value is -3.71. The highest BCUT2D eigenvalue weighted by atomic mass is 35.5. The molecule has 1 atom stereocenters. The highest BCUT2D eigenvalue weighted by Gasteiger charge is 2.20. The van der Waals surface area contributed by atoms with Crippen molar-refractivity contribution in [3.8, 4) is 11.8 Å². The minimum Gasteiger partial charge on any atom is -0.494 e. The SMILES string of the molecule is COc1cc2ncc(C#N)c(Nc3ccc(F)c(Cl)c3)c2cc1NC(=O)C=CCN1CCCCC1CO. The van der Waals surface area contributed by atoms with Crippen LogP contribution in [0.1, 0.15) is 24.8 Å². The zero-order valence-corrected chi connectivity index (χ0v) is 21.1. The highest BCUT2D eigenvalue weighted by Crippen LogP contribution is 2.36. The lowest BCUT2D eigenvalue weighted by Crippen LogP contribution is -2.41. The molecule has 192 valence electrons. The van der Waals surface area contributed by atoms with Gasteiger partial charge >= 0.3 is 0 Å². The van der Waals surface area contributed by atoms with E-state index in [1.54, 1.807) is 18.2 Å². The van der Waals surface area contributed by atoms with Gasteiger partial charge in [0.05, 0.1) is 41.2 Å². The summed E-state index contributed by atoms with van der Waals surface area (Å²) in [5.74, 6) is -0.500. The molecule has 2 heterocycles. The topological polar surface area (TPSA) is 111 Å². The number of piperidine rings is 1. The maximum Gasteiger partial charge on any atom is 0.248 e. The van der Waals surface area contributed by atoms with E-state index in [2.05, 4.69) is 26.6 Å². The number of rotatable bonds is 8. The third-order valence-electron chi connectivity index (χ3n) is 6.33. The Balaban J connectivity index is 1.60. The van der Waals surface area contributed by atoms with Gasteiger partial charge in [0.25, 0.3) is 0 Å². The standard InChI is InChI=1S/C27H27ClFN5O3/c1-37-25-13-23-20(27(17(14-30)15-31-23)32-18-7-8-22(29)21(28)11-18)12-24(25)33-26(36)6-4-10-34-9-3-2-5-19(34)16-35/h4,6-8,11-13,15,19,35H,2-3,5,9-10,16H2,1H3,(H,31,32)(H,33,36). The molecule has 0 radical (unpaired) electrons. The van der Waals surface area contributed by atoms with Gasteiger partial charge in [-0.05, 0) is 43.7 Å². The molecule has 0 saturated carbocycles. The number of fused-ring (bicyclic) bond motifs is 1. The third kappa shape index (κ3) is 6.17. The number of hydrogen-bond acceptors (Lipinski definition) is 7. The van der Waals surface area contributed by atoms with E-state index in [-0.39, 0.29) is 29.1 Å². The van der Waals surface area contributed by atoms with Crippen LogP contribution < -0.4 is 15.4 Å². The Morgan fingerprint density at radius 2 is 2.22 bits per heavy atom. The number of amides is 1. The smallest absolute Gasteiger partial charge is 0.248 e. The molecule has 1 aromatic heterocycles. The van der Waals surface area contributed by atoms with Gasteiger partial charge in [0.2, 0.25) is 5.91 Å². The number of pyridine rings is 1. The van der Waals surface area contributed by atoms with Crippen LogP contribution in [0.3, 0.4) is 0 Å². The number of nitrogens with one attached hydrogen (secondary N) is 2. The molecule has 2 aromatic carbocycles. The number of benzene rings is 2. The maximum absolute atomic E-state index is 13.6. The first-order valence-corrected chi connectivity index (χ1v) is 12.3. The molecule has 0 aliphatic carbocycles. The average molecular weight is 524 g/mol. The highest BCUT2D eigenvalue weighted by molar-refractivity contribution is 6.31. The summed E-state index contributed by atoms with van der Waals surface area (Å²) in [6.07, 6.45) is 7.78. The van der Waals surface area contributed by atoms with E-state index in [1.165, 1.54) is 37.6 Å². The van der Waals surface area contributed by atoms with Crippen molar-refractivity contribution >= 4 is 45.5 Å². The number of methoxy groups -OCH3 is 1. The molecule has 4 rings (SSSR count). The van der Waals surface area contributed by atoms with Crippen LogP contribution in [-0.2, 0) is 4.79 Å². The molecule has 37 heavy (non-hydrogen) atoms. The number of likely N-dealkylation sites (tertiary alicyclic amines) is 1. The van der Waals surface area contributed by atoms with Crippen molar-refractivity contribution in [1.29, 1.82) is 5.26 Å². The summed E-state index contributed by atoms with van der Waals surface area (Å²) in [6.45, 7) is 1.56. The molecule has 3 aromatic rings. The van der Waals surface area contributed by atoms with Crippen molar-refractivity contribution < 1.29 is 19.0 Å². The molecule has 3 N–H and O–H groups in total. The van der Waals surface area contributed by atoms with Crippen molar-refractivity contribution in [3.05, 3.63) is 65.1 Å². The lowest BCUT2D eigenvalue weighted by atomic mass is 10.0. The number of anilines is 3. The monoisotopic (exact) mass is 523 g/mol. The van der Waals surface area contributed by atoms with Gasteiger partial charge in [-0.25, -0.2) is 4.39 Å². The van der Waals surface area contributed by atoms with E-state index >= 15 is 0 Å². The van der Waals surface area contributed by atoms with Crippen LogP contribution in [0.25, 0.3) is 10.9 Å². The predicted molar refractivity (Wildman–Crippen MR) is 142 cm³/mol. The molecule has 1 saturated heterocycles. The molecule has 1 aliphatic heterocycles. The Morgan fingerprint density at radius 1 is 1.38 bits per heavy atom. The third-order valence-corrected chi connectivity index (χ3v) is 6.62. The summed E-state index contributed by atoms with van der Waals surface area (Å²) in [5, 5.41) is 25.7. The molecule has 1 unspecified atom stereocenters. The van der Waals surface area contributed by atoms with E-state index < -0.39 is 5.82 Å². The second-order valence-electron chi connectivity index (χ2n) is 8.70. The Bertz CT molecular complexity index is 1370. The lowest BCUT2D eigenvalue weighted by Gasteiger charge is -2.33. The number of carbonyl (C=O) groups is 1. The van der Waals surface area contributed by atoms with Crippen molar-refractivity contribution in [2.24, 2.45) is 0 Å². The van der Waals surface area contributed by atoms with Gasteiger partial charge in [0, 0.05) is 42.0 Å². The fourth-order valence-electron chi connectivity index (χ4n) is 4.40. The predicted octanol–water partition coefficient (Wildman–Crippen LogP) is 4.99. The van der Waals surface area contributed by atoms with Crippen LogP contribution in [0, 0.1) is 17.1 Å². The van der Waals surface area contributed by atoms with Gasteiger partial charge in [-0.2, -0.15) is 5.26 Å². The van der Waals surface area contributed by atoms with Crippen LogP contribution >= 0.6 is 11.6 Å². The number of nitrogens with zero attached hydrogens (tertiary/aromatic N) is 3. The molecule has 10 heteroatoms. The number of carbonyl (C=O) groups excluding carboxylic acids is 1. The first-order chi connectivity index (χ1) is 17.9. The largest absolute Gasteiger partial charge is 0.494 e. The van der Waals surface area contributed by atoms with Gasteiger partial charge < -0.3 is 20.5 Å².